The number of carbonyl (C=O) groups is 1. The molecule has 0 saturated heterocycles. The second-order valence-corrected chi connectivity index (χ2v) is 5.98. The van der Waals surface area contributed by atoms with Crippen molar-refractivity contribution in [2.45, 2.75) is 25.4 Å². The van der Waals surface area contributed by atoms with E-state index in [1.807, 2.05) is 0 Å². The molecule has 10 heteroatoms. The van der Waals surface area contributed by atoms with Crippen LogP contribution in [0.2, 0.25) is 0 Å². The molecular weight excluding hydrogens is 388 g/mol. The van der Waals surface area contributed by atoms with Crippen LogP contribution in [-0.2, 0) is 30.2 Å². The number of alkyl halides is 6. The molecule has 1 heterocycles. The Morgan fingerprint density at radius 1 is 0.964 bits per heavy atom. The normalized spacial score (nSPS) is 12.4. The number of halogens is 6. The van der Waals surface area contributed by atoms with E-state index in [9.17, 15) is 31.1 Å². The van der Waals surface area contributed by atoms with Crippen molar-refractivity contribution in [2.75, 3.05) is 0 Å². The van der Waals surface area contributed by atoms with Crippen molar-refractivity contribution in [3.63, 3.8) is 0 Å². The zero-order valence-corrected chi connectivity index (χ0v) is 14.1. The Labute approximate surface area is 154 Å². The van der Waals surface area contributed by atoms with Gasteiger partial charge in [0.25, 0.3) is 0 Å². The summed E-state index contributed by atoms with van der Waals surface area (Å²) in [6.07, 6.45) is -9.29. The molecule has 0 aliphatic rings. The number of carbonyl (C=O) groups excluding carboxylic acids is 1. The van der Waals surface area contributed by atoms with Crippen molar-refractivity contribution in [1.82, 2.24) is 14.9 Å². The number of fused-ring (bicyclic) bond motifs is 1. The average Bonchev–Trinajstić information content (AvgIpc) is 2.99. The molecule has 0 atom stereocenters. The van der Waals surface area contributed by atoms with Crippen molar-refractivity contribution in [2.24, 2.45) is 0 Å². The van der Waals surface area contributed by atoms with Crippen LogP contribution in [0.15, 0.2) is 48.5 Å². The highest BCUT2D eigenvalue weighted by molar-refractivity contribution is 5.81. The number of nitrogens with one attached hydrogen (secondary N) is 1. The fourth-order valence-electron chi connectivity index (χ4n) is 2.71. The van der Waals surface area contributed by atoms with Gasteiger partial charge in [0.15, 0.2) is 0 Å². The van der Waals surface area contributed by atoms with Gasteiger partial charge in [-0.2, -0.15) is 26.3 Å². The zero-order chi connectivity index (χ0) is 20.5. The molecule has 1 N–H and O–H groups in total. The van der Waals surface area contributed by atoms with Crippen molar-refractivity contribution in [1.29, 1.82) is 0 Å². The van der Waals surface area contributed by atoms with Crippen LogP contribution in [0.4, 0.5) is 26.3 Å². The summed E-state index contributed by atoms with van der Waals surface area (Å²) in [5, 5.41) is 2.34. The van der Waals surface area contributed by atoms with Gasteiger partial charge in [-0.3, -0.25) is 4.79 Å². The molecule has 28 heavy (non-hydrogen) atoms. The van der Waals surface area contributed by atoms with Crippen molar-refractivity contribution < 1.29 is 31.1 Å². The summed E-state index contributed by atoms with van der Waals surface area (Å²) in [5.41, 5.74) is -0.488. The lowest BCUT2D eigenvalue weighted by Gasteiger charge is -2.12. The lowest BCUT2D eigenvalue weighted by atomic mass is 10.1. The number of imidazole rings is 1. The maximum Gasteiger partial charge on any atom is 0.449 e. The first-order valence-electron chi connectivity index (χ1n) is 8.01. The topological polar surface area (TPSA) is 46.9 Å². The monoisotopic (exact) mass is 401 g/mol. The fourth-order valence-corrected chi connectivity index (χ4v) is 2.71. The van der Waals surface area contributed by atoms with E-state index < -0.39 is 36.2 Å². The minimum absolute atomic E-state index is 0.0838. The minimum atomic E-state index is -4.76. The summed E-state index contributed by atoms with van der Waals surface area (Å²) >= 11 is 0. The number of benzene rings is 2. The number of hydrogen-bond donors (Lipinski definition) is 1. The van der Waals surface area contributed by atoms with Crippen LogP contribution >= 0.6 is 0 Å². The van der Waals surface area contributed by atoms with Crippen molar-refractivity contribution in [3.05, 3.63) is 65.5 Å². The largest absolute Gasteiger partial charge is 0.449 e. The molecule has 0 radical (unpaired) electrons. The summed E-state index contributed by atoms with van der Waals surface area (Å²) < 4.78 is 78.6. The van der Waals surface area contributed by atoms with Crippen LogP contribution in [-0.4, -0.2) is 15.5 Å². The van der Waals surface area contributed by atoms with E-state index >= 15 is 0 Å². The molecule has 3 rings (SSSR count). The predicted octanol–water partition coefficient (Wildman–Crippen LogP) is 4.39. The fraction of sp³-hybridized carbons (Fsp3) is 0.222. The quantitative estimate of drug-likeness (QED) is 0.660. The van der Waals surface area contributed by atoms with Gasteiger partial charge in [0, 0.05) is 6.54 Å². The molecule has 0 unspecified atom stereocenters. The van der Waals surface area contributed by atoms with E-state index in [0.29, 0.717) is 0 Å². The van der Waals surface area contributed by atoms with Gasteiger partial charge in [-0.1, -0.05) is 24.3 Å². The Morgan fingerprint density at radius 3 is 2.36 bits per heavy atom. The van der Waals surface area contributed by atoms with Gasteiger partial charge in [-0.15, -0.1) is 0 Å². The molecule has 1 amide bonds. The van der Waals surface area contributed by atoms with E-state index in [0.717, 1.165) is 16.7 Å². The number of aromatic nitrogens is 2. The number of para-hydroxylation sites is 2. The highest BCUT2D eigenvalue weighted by Crippen LogP contribution is 2.31. The molecule has 148 valence electrons. The van der Waals surface area contributed by atoms with Crippen molar-refractivity contribution in [3.8, 4) is 0 Å². The first-order valence-corrected chi connectivity index (χ1v) is 8.01. The molecule has 0 spiro atoms. The van der Waals surface area contributed by atoms with Crippen LogP contribution < -0.4 is 5.32 Å². The Morgan fingerprint density at radius 2 is 1.68 bits per heavy atom. The number of amides is 1. The van der Waals surface area contributed by atoms with Gasteiger partial charge < -0.3 is 9.88 Å². The summed E-state index contributed by atoms with van der Waals surface area (Å²) in [4.78, 5) is 15.7. The van der Waals surface area contributed by atoms with E-state index in [1.165, 1.54) is 36.4 Å². The van der Waals surface area contributed by atoms with Crippen LogP contribution in [0.1, 0.15) is 17.0 Å². The molecule has 0 aliphatic carbocycles. The molecule has 0 bridgehead atoms. The summed E-state index contributed by atoms with van der Waals surface area (Å²) in [7, 11) is 0. The third-order valence-corrected chi connectivity index (χ3v) is 3.95. The third kappa shape index (κ3) is 4.26. The molecule has 0 aliphatic heterocycles. The molecule has 3 aromatic rings. The van der Waals surface area contributed by atoms with Crippen LogP contribution in [0.25, 0.3) is 11.0 Å². The Balaban J connectivity index is 1.77. The predicted molar refractivity (Wildman–Crippen MR) is 88.0 cm³/mol. The van der Waals surface area contributed by atoms with E-state index in [4.69, 9.17) is 0 Å². The highest BCUT2D eigenvalue weighted by Gasteiger charge is 2.38. The summed E-state index contributed by atoms with van der Waals surface area (Å²) in [5.74, 6) is -2.01. The first-order chi connectivity index (χ1) is 13.1. The van der Waals surface area contributed by atoms with Gasteiger partial charge in [-0.05, 0) is 29.8 Å². The number of rotatable bonds is 4. The Hall–Kier alpha value is -3.04. The smallest absolute Gasteiger partial charge is 0.350 e. The minimum Gasteiger partial charge on any atom is -0.350 e. The maximum absolute atomic E-state index is 13.2. The Bertz CT molecular complexity index is 1010. The lowest BCUT2D eigenvalue weighted by molar-refractivity contribution is -0.147. The van der Waals surface area contributed by atoms with Gasteiger partial charge in [-0.25, -0.2) is 4.98 Å². The maximum atomic E-state index is 13.2. The summed E-state index contributed by atoms with van der Waals surface area (Å²) in [6, 6.07) is 10.2. The Kier molecular flexibility index (Phi) is 5.05. The van der Waals surface area contributed by atoms with Crippen molar-refractivity contribution >= 4 is 16.9 Å². The van der Waals surface area contributed by atoms with Gasteiger partial charge >= 0.3 is 12.4 Å². The highest BCUT2D eigenvalue weighted by atomic mass is 19.4. The van der Waals surface area contributed by atoms with Gasteiger partial charge in [0.05, 0.1) is 16.6 Å². The number of hydrogen-bond acceptors (Lipinski definition) is 2. The molecule has 0 fully saturated rings. The second-order valence-electron chi connectivity index (χ2n) is 5.98. The number of nitrogens with zero attached hydrogens (tertiary/aromatic N) is 2. The van der Waals surface area contributed by atoms with E-state index in [1.54, 1.807) is 0 Å². The van der Waals surface area contributed by atoms with Crippen LogP contribution in [0.3, 0.4) is 0 Å². The zero-order valence-electron chi connectivity index (χ0n) is 14.1. The third-order valence-electron chi connectivity index (χ3n) is 3.95. The van der Waals surface area contributed by atoms with E-state index in [-0.39, 0.29) is 23.1 Å². The molecular formula is C18H13F6N3O. The second kappa shape index (κ2) is 7.17. The van der Waals surface area contributed by atoms with Gasteiger partial charge in [0.2, 0.25) is 11.7 Å². The standard InChI is InChI=1S/C18H13F6N3O/c19-17(20,21)12-5-3-4-11(8-12)9-25-15(28)10-27-14-7-2-1-6-13(14)26-16(27)18(22,23)24/h1-8H,9-10H2,(H,25,28). The summed E-state index contributed by atoms with van der Waals surface area (Å²) in [6.45, 7) is -0.926. The average molecular weight is 401 g/mol. The molecule has 2 aromatic carbocycles. The van der Waals surface area contributed by atoms with Crippen LogP contribution in [0, 0.1) is 0 Å². The van der Waals surface area contributed by atoms with Crippen LogP contribution in [0.5, 0.6) is 0 Å². The lowest BCUT2D eigenvalue weighted by Crippen LogP contribution is -2.29. The van der Waals surface area contributed by atoms with E-state index in [2.05, 4.69) is 10.3 Å². The molecule has 4 nitrogen and oxygen atoms in total. The first kappa shape index (κ1) is 19.7. The molecule has 1 aromatic heterocycles. The van der Waals surface area contributed by atoms with Gasteiger partial charge in [0.1, 0.15) is 6.54 Å². The SMILES string of the molecule is O=C(Cn1c(C(F)(F)F)nc2ccccc21)NCc1cccc(C(F)(F)F)c1. The molecule has 0 saturated carbocycles.